The number of hydrogen-bond acceptors (Lipinski definition) is 2. The van der Waals surface area contributed by atoms with Crippen LogP contribution in [-0.4, -0.2) is 4.98 Å². The molecule has 0 amide bonds. The van der Waals surface area contributed by atoms with Crippen LogP contribution in [0.4, 0.5) is 17.1 Å². The first-order chi connectivity index (χ1) is 18.2. The van der Waals surface area contributed by atoms with E-state index in [-0.39, 0.29) is 0 Å². The molecule has 0 saturated heterocycles. The molecule has 5 aromatic rings. The Balaban J connectivity index is 1.36. The Kier molecular flexibility index (Phi) is 8.48. The zero-order valence-corrected chi connectivity index (χ0v) is 24.3. The third kappa shape index (κ3) is 6.56. The van der Waals surface area contributed by atoms with Gasteiger partial charge in [-0.25, -0.2) is 0 Å². The van der Waals surface area contributed by atoms with E-state index in [1.807, 2.05) is 36.7 Å². The Hall–Kier alpha value is -3.23. The summed E-state index contributed by atoms with van der Waals surface area (Å²) in [5, 5.41) is 0. The SMILES string of the molecule is Ic1cc(/C=C/c2ccc(N(c3ccccc3)c3ccccc3)cc2)c(I)cc1/C=C/c1ccncc1. The van der Waals surface area contributed by atoms with Crippen LogP contribution >= 0.6 is 45.2 Å². The lowest BCUT2D eigenvalue weighted by Gasteiger charge is -2.25. The highest BCUT2D eigenvalue weighted by molar-refractivity contribution is 14.1. The van der Waals surface area contributed by atoms with E-state index in [0.29, 0.717) is 0 Å². The van der Waals surface area contributed by atoms with Crippen LogP contribution in [0.5, 0.6) is 0 Å². The van der Waals surface area contributed by atoms with Gasteiger partial charge >= 0.3 is 0 Å². The highest BCUT2D eigenvalue weighted by Gasteiger charge is 2.11. The van der Waals surface area contributed by atoms with Gasteiger partial charge in [0.05, 0.1) is 0 Å². The lowest BCUT2D eigenvalue weighted by Crippen LogP contribution is -2.09. The quantitative estimate of drug-likeness (QED) is 0.124. The molecule has 4 aromatic carbocycles. The summed E-state index contributed by atoms with van der Waals surface area (Å²) >= 11 is 4.84. The smallest absolute Gasteiger partial charge is 0.0462 e. The van der Waals surface area contributed by atoms with E-state index in [0.717, 1.165) is 28.2 Å². The number of anilines is 3. The largest absolute Gasteiger partial charge is 0.311 e. The summed E-state index contributed by atoms with van der Waals surface area (Å²) in [7, 11) is 0. The van der Waals surface area contributed by atoms with Crippen LogP contribution in [0.2, 0.25) is 0 Å². The molecule has 180 valence electrons. The van der Waals surface area contributed by atoms with Crippen molar-refractivity contribution in [3.63, 3.8) is 0 Å². The number of pyridine rings is 1. The van der Waals surface area contributed by atoms with Gasteiger partial charge in [0.15, 0.2) is 0 Å². The second-order valence-electron chi connectivity index (χ2n) is 8.44. The maximum Gasteiger partial charge on any atom is 0.0462 e. The average molecular weight is 702 g/mol. The van der Waals surface area contributed by atoms with Crippen molar-refractivity contribution in [1.29, 1.82) is 0 Å². The Morgan fingerprint density at radius 3 is 1.41 bits per heavy atom. The van der Waals surface area contributed by atoms with Crippen LogP contribution in [0.1, 0.15) is 22.3 Å². The molecule has 0 aliphatic heterocycles. The minimum Gasteiger partial charge on any atom is -0.311 e. The molecule has 0 radical (unpaired) electrons. The molecule has 0 spiro atoms. The molecule has 0 fully saturated rings. The third-order valence-corrected chi connectivity index (χ3v) is 7.78. The van der Waals surface area contributed by atoms with Gasteiger partial charge in [0, 0.05) is 36.6 Å². The van der Waals surface area contributed by atoms with Crippen LogP contribution in [-0.2, 0) is 0 Å². The maximum atomic E-state index is 4.08. The Bertz CT molecular complexity index is 1470. The zero-order valence-electron chi connectivity index (χ0n) is 20.0. The van der Waals surface area contributed by atoms with E-state index in [1.54, 1.807) is 0 Å². The van der Waals surface area contributed by atoms with E-state index in [1.165, 1.54) is 18.3 Å². The number of aromatic nitrogens is 1. The van der Waals surface area contributed by atoms with E-state index >= 15 is 0 Å². The molecule has 0 bridgehead atoms. The average Bonchev–Trinajstić information content (AvgIpc) is 2.95. The number of halogens is 2. The summed E-state index contributed by atoms with van der Waals surface area (Å²) in [5.41, 5.74) is 8.14. The number of nitrogens with zero attached hydrogens (tertiary/aromatic N) is 2. The highest BCUT2D eigenvalue weighted by atomic mass is 127. The Labute approximate surface area is 245 Å². The summed E-state index contributed by atoms with van der Waals surface area (Å²) in [5.74, 6) is 0. The lowest BCUT2D eigenvalue weighted by atomic mass is 10.1. The van der Waals surface area contributed by atoms with Gasteiger partial charge in [0.1, 0.15) is 0 Å². The van der Waals surface area contributed by atoms with E-state index < -0.39 is 0 Å². The van der Waals surface area contributed by atoms with E-state index in [9.17, 15) is 0 Å². The molecule has 0 aliphatic carbocycles. The second-order valence-corrected chi connectivity index (χ2v) is 10.8. The van der Waals surface area contributed by atoms with Gasteiger partial charge in [-0.2, -0.15) is 0 Å². The first-order valence-electron chi connectivity index (χ1n) is 11.9. The summed E-state index contributed by atoms with van der Waals surface area (Å²) in [6, 6.07) is 38.2. The number of rotatable bonds is 7. The number of hydrogen-bond donors (Lipinski definition) is 0. The summed E-state index contributed by atoms with van der Waals surface area (Å²) in [6.45, 7) is 0. The van der Waals surface area contributed by atoms with Gasteiger partial charge < -0.3 is 4.90 Å². The fourth-order valence-corrected chi connectivity index (χ4v) is 5.36. The molecule has 37 heavy (non-hydrogen) atoms. The van der Waals surface area contributed by atoms with Crippen LogP contribution in [0.3, 0.4) is 0 Å². The van der Waals surface area contributed by atoms with Crippen LogP contribution < -0.4 is 4.90 Å². The molecule has 5 rings (SSSR count). The minimum atomic E-state index is 1.13. The van der Waals surface area contributed by atoms with Crippen molar-refractivity contribution >= 4 is 86.5 Å². The van der Waals surface area contributed by atoms with Crippen molar-refractivity contribution in [1.82, 2.24) is 4.98 Å². The molecule has 0 unspecified atom stereocenters. The van der Waals surface area contributed by atoms with Gasteiger partial charge in [0.2, 0.25) is 0 Å². The zero-order chi connectivity index (χ0) is 25.5. The maximum absolute atomic E-state index is 4.08. The molecular weight excluding hydrogens is 678 g/mol. The van der Waals surface area contributed by atoms with E-state index in [4.69, 9.17) is 0 Å². The first kappa shape index (κ1) is 25.4. The molecular formula is C33H24I2N2. The molecule has 2 nitrogen and oxygen atoms in total. The first-order valence-corrected chi connectivity index (χ1v) is 14.1. The van der Waals surface area contributed by atoms with Crippen LogP contribution in [0.25, 0.3) is 24.3 Å². The minimum absolute atomic E-state index is 1.13. The van der Waals surface area contributed by atoms with Crippen molar-refractivity contribution < 1.29 is 0 Å². The third-order valence-electron chi connectivity index (χ3n) is 5.91. The molecule has 0 aliphatic rings. The molecule has 1 heterocycles. The summed E-state index contributed by atoms with van der Waals surface area (Å²) < 4.78 is 2.44. The normalized spacial score (nSPS) is 11.3. The topological polar surface area (TPSA) is 16.1 Å². The Morgan fingerprint density at radius 1 is 0.486 bits per heavy atom. The highest BCUT2D eigenvalue weighted by Crippen LogP contribution is 2.34. The molecule has 4 heteroatoms. The fourth-order valence-electron chi connectivity index (χ4n) is 4.02. The summed E-state index contributed by atoms with van der Waals surface area (Å²) in [4.78, 5) is 6.36. The molecule has 1 aromatic heterocycles. The van der Waals surface area contributed by atoms with Gasteiger partial charge in [-0.05, 0) is 128 Å². The monoisotopic (exact) mass is 702 g/mol. The van der Waals surface area contributed by atoms with Gasteiger partial charge in [-0.3, -0.25) is 4.98 Å². The Morgan fingerprint density at radius 2 is 0.919 bits per heavy atom. The number of benzene rings is 4. The van der Waals surface area contributed by atoms with Crippen molar-refractivity contribution in [3.05, 3.63) is 151 Å². The van der Waals surface area contributed by atoms with Crippen LogP contribution in [0.15, 0.2) is 122 Å². The van der Waals surface area contributed by atoms with Crippen molar-refractivity contribution in [2.75, 3.05) is 4.90 Å². The van der Waals surface area contributed by atoms with Crippen molar-refractivity contribution in [2.45, 2.75) is 0 Å². The molecule has 0 atom stereocenters. The number of para-hydroxylation sites is 2. The van der Waals surface area contributed by atoms with Crippen molar-refractivity contribution in [2.24, 2.45) is 0 Å². The van der Waals surface area contributed by atoms with E-state index in [2.05, 4.69) is 164 Å². The second kappa shape index (κ2) is 12.3. The molecule has 0 saturated carbocycles. The predicted octanol–water partition coefficient (Wildman–Crippen LogP) is 10.1. The lowest BCUT2D eigenvalue weighted by molar-refractivity contribution is 1.28. The predicted molar refractivity (Wildman–Crippen MR) is 175 cm³/mol. The van der Waals surface area contributed by atoms with Gasteiger partial charge in [-0.15, -0.1) is 0 Å². The van der Waals surface area contributed by atoms with Crippen LogP contribution in [0, 0.1) is 7.14 Å². The van der Waals surface area contributed by atoms with Gasteiger partial charge in [-0.1, -0.05) is 72.8 Å². The van der Waals surface area contributed by atoms with Crippen molar-refractivity contribution in [3.8, 4) is 0 Å². The van der Waals surface area contributed by atoms with Gasteiger partial charge in [0.25, 0.3) is 0 Å². The summed E-state index contributed by atoms with van der Waals surface area (Å²) in [6.07, 6.45) is 12.3. The standard InChI is InChI=1S/C33H24I2N2/c34-32-24-28(16-12-26-19-21-36-22-20-26)33(35)23-27(32)15-11-25-13-17-31(18-14-25)37(29-7-3-1-4-8-29)30-9-5-2-6-10-30/h1-24H/b15-11+,16-12+. The molecule has 0 N–H and O–H groups in total. The fraction of sp³-hybridized carbons (Fsp3) is 0.